The summed E-state index contributed by atoms with van der Waals surface area (Å²) in [6.45, 7) is 3.58. The fourth-order valence-corrected chi connectivity index (χ4v) is 2.51. The number of likely N-dealkylation sites (N-methyl/N-ethyl adjacent to an activating group) is 1. The minimum absolute atomic E-state index is 0.146. The second-order valence-corrected chi connectivity index (χ2v) is 5.98. The van der Waals surface area contributed by atoms with Gasteiger partial charge in [-0.25, -0.2) is 4.79 Å². The molecule has 0 aliphatic heterocycles. The molecule has 2 rings (SSSR count). The summed E-state index contributed by atoms with van der Waals surface area (Å²) in [5, 5.41) is 0.608. The average Bonchev–Trinajstić information content (AvgIpc) is 2.48. The molecule has 0 aromatic heterocycles. The number of benzene rings is 2. The van der Waals surface area contributed by atoms with Crippen molar-refractivity contribution in [3.63, 3.8) is 0 Å². The molecular formula is C18H21ClNO2+. The average molecular weight is 319 g/mol. The van der Waals surface area contributed by atoms with Crippen molar-refractivity contribution in [3.8, 4) is 0 Å². The minimum Gasteiger partial charge on any atom is -0.453 e. The molecule has 0 radical (unpaired) electrons. The third-order valence-corrected chi connectivity index (χ3v) is 3.62. The molecule has 1 unspecified atom stereocenters. The van der Waals surface area contributed by atoms with E-state index in [2.05, 4.69) is 19.2 Å². The molecule has 2 aromatic rings. The summed E-state index contributed by atoms with van der Waals surface area (Å²) in [7, 11) is 2.10. The number of ether oxygens (including phenoxy) is 1. The molecule has 0 amide bonds. The molecule has 0 saturated heterocycles. The third kappa shape index (κ3) is 5.17. The standard InChI is InChI=1S/C18H20ClNO2/c1-14(12-20(2)13-15-6-4-3-5-7-15)22-18(21)16-8-10-17(19)11-9-16/h3-11,14H,12-13H2,1-2H3/p+1/t14-/m0/s1. The fraction of sp³-hybridized carbons (Fsp3) is 0.278. The number of carbonyl (C=O) groups is 1. The molecule has 2 aromatic carbocycles. The molecule has 4 heteroatoms. The predicted molar refractivity (Wildman–Crippen MR) is 88.2 cm³/mol. The fourth-order valence-electron chi connectivity index (χ4n) is 2.39. The van der Waals surface area contributed by atoms with E-state index in [0.29, 0.717) is 10.6 Å². The van der Waals surface area contributed by atoms with Gasteiger partial charge in [-0.3, -0.25) is 0 Å². The van der Waals surface area contributed by atoms with Gasteiger partial charge in [-0.15, -0.1) is 0 Å². The van der Waals surface area contributed by atoms with Crippen LogP contribution in [0.1, 0.15) is 22.8 Å². The van der Waals surface area contributed by atoms with Crippen LogP contribution in [0, 0.1) is 0 Å². The first kappa shape index (κ1) is 16.5. The van der Waals surface area contributed by atoms with Crippen molar-refractivity contribution < 1.29 is 14.4 Å². The van der Waals surface area contributed by atoms with Gasteiger partial charge in [0.15, 0.2) is 0 Å². The molecule has 1 N–H and O–H groups in total. The number of halogens is 1. The van der Waals surface area contributed by atoms with Crippen LogP contribution in [-0.2, 0) is 11.3 Å². The van der Waals surface area contributed by atoms with E-state index in [4.69, 9.17) is 16.3 Å². The van der Waals surface area contributed by atoms with Crippen LogP contribution < -0.4 is 4.90 Å². The molecule has 0 heterocycles. The van der Waals surface area contributed by atoms with E-state index in [-0.39, 0.29) is 12.1 Å². The molecule has 2 atom stereocenters. The maximum absolute atomic E-state index is 12.0. The van der Waals surface area contributed by atoms with E-state index in [1.54, 1.807) is 24.3 Å². The van der Waals surface area contributed by atoms with E-state index >= 15 is 0 Å². The van der Waals surface area contributed by atoms with Crippen LogP contribution in [0.15, 0.2) is 54.6 Å². The Balaban J connectivity index is 1.83. The minimum atomic E-state index is -0.309. The molecular weight excluding hydrogens is 298 g/mol. The van der Waals surface area contributed by atoms with Crippen LogP contribution in [0.5, 0.6) is 0 Å². The summed E-state index contributed by atoms with van der Waals surface area (Å²) in [4.78, 5) is 13.3. The Kier molecular flexibility index (Phi) is 5.99. The van der Waals surface area contributed by atoms with Gasteiger partial charge in [0.1, 0.15) is 19.2 Å². The molecule has 0 fully saturated rings. The first-order valence-corrected chi connectivity index (χ1v) is 7.74. The van der Waals surface area contributed by atoms with Gasteiger partial charge in [0.2, 0.25) is 0 Å². The highest BCUT2D eigenvalue weighted by Crippen LogP contribution is 2.11. The number of hydrogen-bond donors (Lipinski definition) is 1. The summed E-state index contributed by atoms with van der Waals surface area (Å²) in [6, 6.07) is 17.0. The number of esters is 1. The highest BCUT2D eigenvalue weighted by atomic mass is 35.5. The van der Waals surface area contributed by atoms with Crippen molar-refractivity contribution in [1.82, 2.24) is 0 Å². The second-order valence-electron chi connectivity index (χ2n) is 5.55. The summed E-state index contributed by atoms with van der Waals surface area (Å²) in [6.07, 6.45) is -0.146. The summed E-state index contributed by atoms with van der Waals surface area (Å²) in [5.41, 5.74) is 1.80. The Morgan fingerprint density at radius 2 is 1.77 bits per heavy atom. The Morgan fingerprint density at radius 3 is 2.41 bits per heavy atom. The lowest BCUT2D eigenvalue weighted by Gasteiger charge is -2.19. The van der Waals surface area contributed by atoms with Crippen molar-refractivity contribution in [2.75, 3.05) is 13.6 Å². The van der Waals surface area contributed by atoms with Gasteiger partial charge in [-0.2, -0.15) is 0 Å². The largest absolute Gasteiger partial charge is 0.453 e. The predicted octanol–water partition coefficient (Wildman–Crippen LogP) is 2.60. The van der Waals surface area contributed by atoms with Crippen molar-refractivity contribution >= 4 is 17.6 Å². The van der Waals surface area contributed by atoms with Crippen molar-refractivity contribution in [2.24, 2.45) is 0 Å². The molecule has 116 valence electrons. The van der Waals surface area contributed by atoms with Crippen LogP contribution in [0.3, 0.4) is 0 Å². The van der Waals surface area contributed by atoms with Gasteiger partial charge in [0.05, 0.1) is 12.6 Å². The zero-order valence-corrected chi connectivity index (χ0v) is 13.6. The maximum Gasteiger partial charge on any atom is 0.338 e. The summed E-state index contributed by atoms with van der Waals surface area (Å²) >= 11 is 5.81. The summed E-state index contributed by atoms with van der Waals surface area (Å²) in [5.74, 6) is -0.309. The topological polar surface area (TPSA) is 30.7 Å². The zero-order valence-electron chi connectivity index (χ0n) is 12.9. The SMILES string of the molecule is C[C@@H](C[NH+](C)Cc1ccccc1)OC(=O)c1ccc(Cl)cc1. The number of nitrogens with one attached hydrogen (secondary N) is 1. The van der Waals surface area contributed by atoms with Crippen LogP contribution in [-0.4, -0.2) is 25.7 Å². The van der Waals surface area contributed by atoms with Crippen molar-refractivity contribution in [3.05, 3.63) is 70.7 Å². The lowest BCUT2D eigenvalue weighted by atomic mass is 10.2. The van der Waals surface area contributed by atoms with E-state index in [9.17, 15) is 4.79 Å². The number of carbonyl (C=O) groups excluding carboxylic acids is 1. The van der Waals surface area contributed by atoms with Gasteiger partial charge in [0, 0.05) is 10.6 Å². The smallest absolute Gasteiger partial charge is 0.338 e. The molecule has 22 heavy (non-hydrogen) atoms. The van der Waals surface area contributed by atoms with Crippen molar-refractivity contribution in [1.29, 1.82) is 0 Å². The van der Waals surface area contributed by atoms with E-state index in [0.717, 1.165) is 13.1 Å². The van der Waals surface area contributed by atoms with Crippen LogP contribution >= 0.6 is 11.6 Å². The molecule has 0 saturated carbocycles. The van der Waals surface area contributed by atoms with Gasteiger partial charge >= 0.3 is 5.97 Å². The second kappa shape index (κ2) is 7.97. The van der Waals surface area contributed by atoms with Crippen LogP contribution in [0.2, 0.25) is 5.02 Å². The number of hydrogen-bond acceptors (Lipinski definition) is 2. The first-order chi connectivity index (χ1) is 10.5. The van der Waals surface area contributed by atoms with Crippen molar-refractivity contribution in [2.45, 2.75) is 19.6 Å². The molecule has 0 aliphatic rings. The van der Waals surface area contributed by atoms with E-state index in [1.165, 1.54) is 10.5 Å². The first-order valence-electron chi connectivity index (χ1n) is 7.36. The monoisotopic (exact) mass is 318 g/mol. The molecule has 3 nitrogen and oxygen atoms in total. The van der Waals surface area contributed by atoms with Crippen LogP contribution in [0.4, 0.5) is 0 Å². The highest BCUT2D eigenvalue weighted by Gasteiger charge is 2.16. The lowest BCUT2D eigenvalue weighted by Crippen LogP contribution is -3.08. The Labute approximate surface area is 136 Å². The van der Waals surface area contributed by atoms with Gasteiger partial charge < -0.3 is 9.64 Å². The molecule has 0 aliphatic carbocycles. The molecule has 0 bridgehead atoms. The van der Waals surface area contributed by atoms with E-state index in [1.807, 2.05) is 25.1 Å². The van der Waals surface area contributed by atoms with Gasteiger partial charge in [0.25, 0.3) is 0 Å². The zero-order chi connectivity index (χ0) is 15.9. The normalized spacial score (nSPS) is 13.4. The Bertz CT molecular complexity index is 598. The third-order valence-electron chi connectivity index (χ3n) is 3.37. The maximum atomic E-state index is 12.0. The quantitative estimate of drug-likeness (QED) is 0.830. The summed E-state index contributed by atoms with van der Waals surface area (Å²) < 4.78 is 5.48. The lowest BCUT2D eigenvalue weighted by molar-refractivity contribution is -0.896. The van der Waals surface area contributed by atoms with Crippen LogP contribution in [0.25, 0.3) is 0 Å². The van der Waals surface area contributed by atoms with Gasteiger partial charge in [-0.05, 0) is 31.2 Å². The highest BCUT2D eigenvalue weighted by molar-refractivity contribution is 6.30. The Hall–Kier alpha value is -1.84. The Morgan fingerprint density at radius 1 is 1.14 bits per heavy atom. The molecule has 0 spiro atoms. The van der Waals surface area contributed by atoms with Gasteiger partial charge in [-0.1, -0.05) is 41.9 Å². The number of quaternary nitrogens is 1. The van der Waals surface area contributed by atoms with E-state index < -0.39 is 0 Å². The number of rotatable bonds is 6.